The van der Waals surface area contributed by atoms with Crippen LogP contribution < -0.4 is 0 Å². The first-order valence-electron chi connectivity index (χ1n) is 5.56. The lowest BCUT2D eigenvalue weighted by atomic mass is 9.92. The van der Waals surface area contributed by atoms with E-state index in [1.54, 1.807) is 20.0 Å². The summed E-state index contributed by atoms with van der Waals surface area (Å²) in [5.74, 6) is -0.0251. The molecule has 1 aliphatic heterocycles. The van der Waals surface area contributed by atoms with Crippen molar-refractivity contribution in [3.63, 3.8) is 0 Å². The summed E-state index contributed by atoms with van der Waals surface area (Å²) in [5.41, 5.74) is -0.950. The molecule has 94 valence electrons. The van der Waals surface area contributed by atoms with Crippen LogP contribution in [-0.2, 0) is 14.8 Å². The van der Waals surface area contributed by atoms with Gasteiger partial charge < -0.3 is 4.98 Å². The number of nitrogens with one attached hydrogen (secondary N) is 1. The second-order valence-corrected chi connectivity index (χ2v) is 6.57. The van der Waals surface area contributed by atoms with Gasteiger partial charge in [0.25, 0.3) is 0 Å². The molecule has 1 aromatic rings. The Kier molecular flexibility index (Phi) is 2.87. The SMILES string of the molecule is CC1(C)C(=O)CCCN1S(=O)(=O)c1cc[nH]c1. The first-order chi connectivity index (χ1) is 7.87. The van der Waals surface area contributed by atoms with Crippen molar-refractivity contribution in [1.82, 2.24) is 9.29 Å². The summed E-state index contributed by atoms with van der Waals surface area (Å²) < 4.78 is 26.0. The minimum absolute atomic E-state index is 0.0251. The zero-order valence-electron chi connectivity index (χ0n) is 9.93. The molecule has 1 aromatic heterocycles. The third kappa shape index (κ3) is 1.91. The van der Waals surface area contributed by atoms with Gasteiger partial charge in [-0.05, 0) is 26.3 Å². The van der Waals surface area contributed by atoms with Gasteiger partial charge in [-0.25, -0.2) is 8.42 Å². The molecule has 0 aromatic carbocycles. The zero-order chi connectivity index (χ0) is 12.7. The summed E-state index contributed by atoms with van der Waals surface area (Å²) >= 11 is 0. The molecule has 0 saturated carbocycles. The minimum atomic E-state index is -3.58. The molecular weight excluding hydrogens is 240 g/mol. The summed E-state index contributed by atoms with van der Waals surface area (Å²) in [4.78, 5) is 14.8. The standard InChI is InChI=1S/C11H16N2O3S/c1-11(2)10(14)4-3-7-13(11)17(15,16)9-5-6-12-8-9/h5-6,8,12H,3-4,7H2,1-2H3. The number of Topliss-reactive ketones (excluding diaryl/α,β-unsaturated/α-hetero) is 1. The molecule has 0 atom stereocenters. The average molecular weight is 256 g/mol. The Labute approximate surface area is 101 Å². The second kappa shape index (κ2) is 3.96. The van der Waals surface area contributed by atoms with Crippen LogP contribution in [0.4, 0.5) is 0 Å². The summed E-state index contributed by atoms with van der Waals surface area (Å²) in [5, 5.41) is 0. The van der Waals surface area contributed by atoms with Crippen LogP contribution in [0.1, 0.15) is 26.7 Å². The van der Waals surface area contributed by atoms with Crippen molar-refractivity contribution in [2.45, 2.75) is 37.1 Å². The largest absolute Gasteiger partial charge is 0.366 e. The monoisotopic (exact) mass is 256 g/mol. The Balaban J connectivity index is 2.43. The summed E-state index contributed by atoms with van der Waals surface area (Å²) in [6.45, 7) is 3.73. The number of carbonyl (C=O) groups excluding carboxylic acids is 1. The number of nitrogens with zero attached hydrogens (tertiary/aromatic N) is 1. The van der Waals surface area contributed by atoms with Gasteiger partial charge in [0.1, 0.15) is 0 Å². The van der Waals surface area contributed by atoms with Gasteiger partial charge in [0.15, 0.2) is 5.78 Å². The molecule has 2 rings (SSSR count). The molecule has 0 aliphatic carbocycles. The number of ketones is 1. The van der Waals surface area contributed by atoms with Crippen LogP contribution in [0.25, 0.3) is 0 Å². The van der Waals surface area contributed by atoms with E-state index in [-0.39, 0.29) is 10.7 Å². The van der Waals surface area contributed by atoms with E-state index in [1.807, 2.05) is 0 Å². The molecule has 0 unspecified atom stereocenters. The Morgan fingerprint density at radius 1 is 1.41 bits per heavy atom. The van der Waals surface area contributed by atoms with Gasteiger partial charge >= 0.3 is 0 Å². The average Bonchev–Trinajstić information content (AvgIpc) is 2.75. The van der Waals surface area contributed by atoms with Crippen molar-refractivity contribution in [3.8, 4) is 0 Å². The van der Waals surface area contributed by atoms with E-state index in [1.165, 1.54) is 16.6 Å². The maximum Gasteiger partial charge on any atom is 0.245 e. The molecular formula is C11H16N2O3S. The first-order valence-corrected chi connectivity index (χ1v) is 7.00. The van der Waals surface area contributed by atoms with Gasteiger partial charge in [0.05, 0.1) is 10.4 Å². The van der Waals surface area contributed by atoms with Gasteiger partial charge in [-0.2, -0.15) is 4.31 Å². The highest BCUT2D eigenvalue weighted by atomic mass is 32.2. The number of sulfonamides is 1. The number of aromatic amines is 1. The van der Waals surface area contributed by atoms with Crippen molar-refractivity contribution in [3.05, 3.63) is 18.5 Å². The smallest absolute Gasteiger partial charge is 0.245 e. The molecule has 5 nitrogen and oxygen atoms in total. The third-order valence-corrected chi connectivity index (χ3v) is 5.30. The van der Waals surface area contributed by atoms with Crippen molar-refractivity contribution < 1.29 is 13.2 Å². The maximum absolute atomic E-state index is 12.4. The molecule has 17 heavy (non-hydrogen) atoms. The van der Waals surface area contributed by atoms with Crippen LogP contribution in [-0.4, -0.2) is 35.6 Å². The molecule has 0 bridgehead atoms. The molecule has 0 amide bonds. The van der Waals surface area contributed by atoms with Crippen LogP contribution >= 0.6 is 0 Å². The third-order valence-electron chi connectivity index (χ3n) is 3.23. The summed E-state index contributed by atoms with van der Waals surface area (Å²) in [6, 6.07) is 1.50. The lowest BCUT2D eigenvalue weighted by Crippen LogP contribution is -2.55. The molecule has 1 saturated heterocycles. The van der Waals surface area contributed by atoms with Gasteiger partial charge in [-0.3, -0.25) is 4.79 Å². The fraction of sp³-hybridized carbons (Fsp3) is 0.545. The van der Waals surface area contributed by atoms with Crippen LogP contribution in [0.2, 0.25) is 0 Å². The molecule has 1 N–H and O–H groups in total. The van der Waals surface area contributed by atoms with Crippen LogP contribution in [0.5, 0.6) is 0 Å². The van der Waals surface area contributed by atoms with Crippen LogP contribution in [0.3, 0.4) is 0 Å². The Bertz CT molecular complexity index is 517. The van der Waals surface area contributed by atoms with E-state index in [4.69, 9.17) is 0 Å². The number of aromatic nitrogens is 1. The predicted octanol–water partition coefficient (Wildman–Crippen LogP) is 1.15. The van der Waals surface area contributed by atoms with Crippen molar-refractivity contribution in [2.24, 2.45) is 0 Å². The highest BCUT2D eigenvalue weighted by Crippen LogP contribution is 2.30. The highest BCUT2D eigenvalue weighted by Gasteiger charge is 2.44. The summed E-state index contributed by atoms with van der Waals surface area (Å²) in [6.07, 6.45) is 4.04. The summed E-state index contributed by atoms with van der Waals surface area (Å²) in [7, 11) is -3.58. The van der Waals surface area contributed by atoms with E-state index >= 15 is 0 Å². The number of hydrogen-bond acceptors (Lipinski definition) is 3. The van der Waals surface area contributed by atoms with Crippen molar-refractivity contribution >= 4 is 15.8 Å². The number of piperidine rings is 1. The van der Waals surface area contributed by atoms with Crippen LogP contribution in [0, 0.1) is 0 Å². The van der Waals surface area contributed by atoms with Gasteiger partial charge in [0, 0.05) is 25.4 Å². The van der Waals surface area contributed by atoms with E-state index in [0.717, 1.165) is 0 Å². The van der Waals surface area contributed by atoms with E-state index in [9.17, 15) is 13.2 Å². The topological polar surface area (TPSA) is 70.2 Å². The quantitative estimate of drug-likeness (QED) is 0.862. The highest BCUT2D eigenvalue weighted by molar-refractivity contribution is 7.89. The number of H-pyrrole nitrogens is 1. The minimum Gasteiger partial charge on any atom is -0.366 e. The van der Waals surface area contributed by atoms with Crippen molar-refractivity contribution in [2.75, 3.05) is 6.54 Å². The maximum atomic E-state index is 12.4. The number of carbonyl (C=O) groups is 1. The molecule has 1 fully saturated rings. The van der Waals surface area contributed by atoms with Gasteiger partial charge in [-0.1, -0.05) is 0 Å². The number of rotatable bonds is 2. The number of hydrogen-bond donors (Lipinski definition) is 1. The Morgan fingerprint density at radius 3 is 2.71 bits per heavy atom. The van der Waals surface area contributed by atoms with Gasteiger partial charge in [-0.15, -0.1) is 0 Å². The Morgan fingerprint density at radius 2 is 2.12 bits per heavy atom. The molecule has 1 aliphatic rings. The van der Waals surface area contributed by atoms with E-state index in [2.05, 4.69) is 4.98 Å². The lowest BCUT2D eigenvalue weighted by Gasteiger charge is -2.39. The molecule has 2 heterocycles. The molecule has 6 heteroatoms. The normalized spacial score (nSPS) is 21.6. The zero-order valence-corrected chi connectivity index (χ0v) is 10.8. The Hall–Kier alpha value is -1.14. The van der Waals surface area contributed by atoms with Crippen LogP contribution in [0.15, 0.2) is 23.4 Å². The van der Waals surface area contributed by atoms with Crippen molar-refractivity contribution in [1.29, 1.82) is 0 Å². The fourth-order valence-corrected chi connectivity index (χ4v) is 3.91. The molecule has 0 radical (unpaired) electrons. The van der Waals surface area contributed by atoms with Gasteiger partial charge in [0.2, 0.25) is 10.0 Å². The van der Waals surface area contributed by atoms with E-state index < -0.39 is 15.6 Å². The molecule has 0 spiro atoms. The first kappa shape index (κ1) is 12.3. The lowest BCUT2D eigenvalue weighted by molar-refractivity contribution is -0.129. The van der Waals surface area contributed by atoms with E-state index in [0.29, 0.717) is 19.4 Å². The fourth-order valence-electron chi connectivity index (χ4n) is 2.12. The predicted molar refractivity (Wildman–Crippen MR) is 63.0 cm³/mol. The second-order valence-electron chi connectivity index (χ2n) is 4.71.